The number of benzene rings is 1. The van der Waals surface area contributed by atoms with E-state index in [0.717, 1.165) is 20.7 Å². The first-order chi connectivity index (χ1) is 10.6. The summed E-state index contributed by atoms with van der Waals surface area (Å²) in [5, 5.41) is 19.0. The number of thiazole rings is 1. The number of anilines is 1. The first-order valence-electron chi connectivity index (χ1n) is 6.75. The van der Waals surface area contributed by atoms with Crippen LogP contribution in [0.3, 0.4) is 0 Å². The highest BCUT2D eigenvalue weighted by atomic mass is 32.1. The summed E-state index contributed by atoms with van der Waals surface area (Å²) in [7, 11) is 0. The number of hydrogen-bond acceptors (Lipinski definition) is 5. The van der Waals surface area contributed by atoms with Gasteiger partial charge in [0.25, 0.3) is 0 Å². The van der Waals surface area contributed by atoms with Crippen LogP contribution in [-0.2, 0) is 0 Å². The van der Waals surface area contributed by atoms with Gasteiger partial charge in [0.05, 0.1) is 12.2 Å². The first-order valence-corrected chi connectivity index (χ1v) is 8.45. The zero-order valence-electron chi connectivity index (χ0n) is 11.9. The van der Waals surface area contributed by atoms with Gasteiger partial charge < -0.3 is 10.4 Å². The van der Waals surface area contributed by atoms with Crippen molar-refractivity contribution < 1.29 is 9.90 Å². The van der Waals surface area contributed by atoms with E-state index in [1.807, 2.05) is 42.6 Å². The number of aliphatic hydroxyl groups excluding tert-OH is 1. The van der Waals surface area contributed by atoms with Crippen LogP contribution in [0.25, 0.3) is 10.1 Å². The molecule has 5 nitrogen and oxygen atoms in total. The summed E-state index contributed by atoms with van der Waals surface area (Å²) < 4.78 is 1.12. The van der Waals surface area contributed by atoms with E-state index in [1.165, 1.54) is 22.7 Å². The summed E-state index contributed by atoms with van der Waals surface area (Å²) in [6.07, 6.45) is -0.721. The number of urea groups is 1. The molecule has 2 aromatic heterocycles. The molecular weight excluding hydrogens is 318 g/mol. The molecular formula is C15H15N3O2S2. The van der Waals surface area contributed by atoms with Gasteiger partial charge in [-0.3, -0.25) is 5.32 Å². The maximum atomic E-state index is 11.8. The van der Waals surface area contributed by atoms with Gasteiger partial charge in [0.1, 0.15) is 6.10 Å². The average Bonchev–Trinajstić information content (AvgIpc) is 3.10. The Hall–Kier alpha value is -1.96. The first kappa shape index (κ1) is 15.0. The van der Waals surface area contributed by atoms with E-state index in [-0.39, 0.29) is 12.6 Å². The molecule has 0 aliphatic carbocycles. The summed E-state index contributed by atoms with van der Waals surface area (Å²) in [6, 6.07) is 9.54. The van der Waals surface area contributed by atoms with Crippen molar-refractivity contribution >= 4 is 43.9 Å². The van der Waals surface area contributed by atoms with Gasteiger partial charge in [0.15, 0.2) is 5.13 Å². The molecule has 0 radical (unpaired) electrons. The van der Waals surface area contributed by atoms with Crippen molar-refractivity contribution in [2.24, 2.45) is 0 Å². The zero-order chi connectivity index (χ0) is 15.5. The number of nitrogens with zero attached hydrogens (tertiary/aromatic N) is 1. The van der Waals surface area contributed by atoms with Crippen LogP contribution in [0.5, 0.6) is 0 Å². The number of fused-ring (bicyclic) bond motifs is 1. The van der Waals surface area contributed by atoms with Gasteiger partial charge in [-0.2, -0.15) is 0 Å². The van der Waals surface area contributed by atoms with Gasteiger partial charge >= 0.3 is 6.03 Å². The SMILES string of the molecule is Cc1csc(NC(=O)NCC(O)c2cc3ccccc3s2)n1. The second kappa shape index (κ2) is 6.43. The molecule has 0 fully saturated rings. The van der Waals surface area contributed by atoms with Crippen LogP contribution >= 0.6 is 22.7 Å². The lowest BCUT2D eigenvalue weighted by Crippen LogP contribution is -2.32. The zero-order valence-corrected chi connectivity index (χ0v) is 13.5. The molecule has 2 heterocycles. The molecule has 0 saturated carbocycles. The van der Waals surface area contributed by atoms with E-state index >= 15 is 0 Å². The van der Waals surface area contributed by atoms with Crippen LogP contribution in [0.1, 0.15) is 16.7 Å². The maximum Gasteiger partial charge on any atom is 0.321 e. The van der Waals surface area contributed by atoms with Crippen molar-refractivity contribution in [1.29, 1.82) is 0 Å². The molecule has 22 heavy (non-hydrogen) atoms. The third-order valence-electron chi connectivity index (χ3n) is 3.07. The minimum atomic E-state index is -0.721. The molecule has 3 aromatic rings. The van der Waals surface area contributed by atoms with Crippen molar-refractivity contribution in [3.8, 4) is 0 Å². The summed E-state index contributed by atoms with van der Waals surface area (Å²) in [5.74, 6) is 0. The Morgan fingerprint density at radius 2 is 2.23 bits per heavy atom. The monoisotopic (exact) mass is 333 g/mol. The van der Waals surface area contributed by atoms with Crippen molar-refractivity contribution in [3.05, 3.63) is 46.3 Å². The lowest BCUT2D eigenvalue weighted by Gasteiger charge is -2.10. The highest BCUT2D eigenvalue weighted by molar-refractivity contribution is 7.19. The Balaban J connectivity index is 1.57. The van der Waals surface area contributed by atoms with Crippen LogP contribution in [-0.4, -0.2) is 22.7 Å². The van der Waals surface area contributed by atoms with Crippen LogP contribution < -0.4 is 10.6 Å². The molecule has 2 amide bonds. The third-order valence-corrected chi connectivity index (χ3v) is 5.16. The topological polar surface area (TPSA) is 74.2 Å². The van der Waals surface area contributed by atoms with Crippen LogP contribution in [0.4, 0.5) is 9.93 Å². The number of amides is 2. The standard InChI is InChI=1S/C15H15N3O2S2/c1-9-8-21-15(17-9)18-14(20)16-7-11(19)13-6-10-4-2-3-5-12(10)22-13/h2-6,8,11,19H,7H2,1H3,(H2,16,17,18,20). The molecule has 3 rings (SSSR count). The van der Waals surface area contributed by atoms with Crippen molar-refractivity contribution in [2.75, 3.05) is 11.9 Å². The number of carbonyl (C=O) groups excluding carboxylic acids is 1. The molecule has 1 unspecified atom stereocenters. The van der Waals surface area contributed by atoms with Gasteiger partial charge in [-0.15, -0.1) is 22.7 Å². The van der Waals surface area contributed by atoms with Gasteiger partial charge in [-0.05, 0) is 24.4 Å². The summed E-state index contributed by atoms with van der Waals surface area (Å²) in [4.78, 5) is 16.8. The van der Waals surface area contributed by atoms with E-state index in [0.29, 0.717) is 5.13 Å². The minimum Gasteiger partial charge on any atom is -0.386 e. The van der Waals surface area contributed by atoms with Crippen LogP contribution in [0.2, 0.25) is 0 Å². The predicted molar refractivity (Wildman–Crippen MR) is 90.7 cm³/mol. The largest absolute Gasteiger partial charge is 0.386 e. The van der Waals surface area contributed by atoms with Gasteiger partial charge in [0.2, 0.25) is 0 Å². The number of aliphatic hydroxyl groups is 1. The maximum absolute atomic E-state index is 11.8. The number of thiophene rings is 1. The average molecular weight is 333 g/mol. The second-order valence-corrected chi connectivity index (χ2v) is 6.80. The molecule has 1 atom stereocenters. The molecule has 0 saturated heterocycles. The van der Waals surface area contributed by atoms with Gasteiger partial charge in [0, 0.05) is 15.0 Å². The third kappa shape index (κ3) is 3.44. The highest BCUT2D eigenvalue weighted by Crippen LogP contribution is 2.29. The Labute approximate surface area is 135 Å². The molecule has 0 aliphatic heterocycles. The van der Waals surface area contributed by atoms with Crippen LogP contribution in [0.15, 0.2) is 35.7 Å². The minimum absolute atomic E-state index is 0.156. The van der Waals surface area contributed by atoms with E-state index in [2.05, 4.69) is 15.6 Å². The molecule has 3 N–H and O–H groups in total. The van der Waals surface area contributed by atoms with Crippen molar-refractivity contribution in [2.45, 2.75) is 13.0 Å². The number of nitrogens with one attached hydrogen (secondary N) is 2. The van der Waals surface area contributed by atoms with E-state index < -0.39 is 6.10 Å². The summed E-state index contributed by atoms with van der Waals surface area (Å²) >= 11 is 2.90. The number of rotatable bonds is 4. The Kier molecular flexibility index (Phi) is 4.37. The smallest absolute Gasteiger partial charge is 0.321 e. The molecule has 114 valence electrons. The quantitative estimate of drug-likeness (QED) is 0.684. The number of aryl methyl sites for hydroxylation is 1. The van der Waals surface area contributed by atoms with Gasteiger partial charge in [-0.25, -0.2) is 9.78 Å². The molecule has 0 spiro atoms. The number of aromatic nitrogens is 1. The van der Waals surface area contributed by atoms with E-state index in [4.69, 9.17) is 0 Å². The molecule has 1 aromatic carbocycles. The lowest BCUT2D eigenvalue weighted by atomic mass is 10.2. The van der Waals surface area contributed by atoms with Crippen molar-refractivity contribution in [3.63, 3.8) is 0 Å². The fourth-order valence-electron chi connectivity index (χ4n) is 2.01. The lowest BCUT2D eigenvalue weighted by molar-refractivity contribution is 0.178. The molecule has 0 bridgehead atoms. The fraction of sp³-hybridized carbons (Fsp3) is 0.200. The molecule has 7 heteroatoms. The second-order valence-electron chi connectivity index (χ2n) is 4.83. The number of hydrogen-bond donors (Lipinski definition) is 3. The fourth-order valence-corrected chi connectivity index (χ4v) is 3.74. The molecule has 0 aliphatic rings. The van der Waals surface area contributed by atoms with Crippen molar-refractivity contribution in [1.82, 2.24) is 10.3 Å². The van der Waals surface area contributed by atoms with Crippen LogP contribution in [0, 0.1) is 6.92 Å². The summed E-state index contributed by atoms with van der Waals surface area (Å²) in [6.45, 7) is 2.02. The Morgan fingerprint density at radius 3 is 2.95 bits per heavy atom. The number of carbonyl (C=O) groups is 1. The van der Waals surface area contributed by atoms with E-state index in [1.54, 1.807) is 0 Å². The highest BCUT2D eigenvalue weighted by Gasteiger charge is 2.13. The normalized spacial score (nSPS) is 12.3. The van der Waals surface area contributed by atoms with E-state index in [9.17, 15) is 9.90 Å². The van der Waals surface area contributed by atoms with Gasteiger partial charge in [-0.1, -0.05) is 18.2 Å². The Morgan fingerprint density at radius 1 is 1.41 bits per heavy atom. The Bertz CT molecular complexity index is 764. The predicted octanol–water partition coefficient (Wildman–Crippen LogP) is 3.52. The summed E-state index contributed by atoms with van der Waals surface area (Å²) in [5.41, 5.74) is 0.866.